The van der Waals surface area contributed by atoms with Crippen LogP contribution in [0.5, 0.6) is 0 Å². The maximum Gasteiger partial charge on any atom is 0.222 e. The van der Waals surface area contributed by atoms with Crippen molar-refractivity contribution >= 4 is 17.5 Å². The fourth-order valence-corrected chi connectivity index (χ4v) is 1.80. The Balaban J connectivity index is 2.30. The molecule has 1 fully saturated rings. The molecule has 0 saturated carbocycles. The van der Waals surface area contributed by atoms with Crippen LogP contribution in [-0.4, -0.2) is 43.0 Å². The van der Waals surface area contributed by atoms with Crippen molar-refractivity contribution in [2.75, 3.05) is 26.1 Å². The molecule has 0 aromatic heterocycles. The van der Waals surface area contributed by atoms with Gasteiger partial charge in [-0.2, -0.15) is 0 Å². The van der Waals surface area contributed by atoms with E-state index in [9.17, 15) is 4.79 Å². The van der Waals surface area contributed by atoms with Crippen LogP contribution in [0, 0.1) is 0 Å². The van der Waals surface area contributed by atoms with E-state index in [2.05, 4.69) is 0 Å². The molecule has 1 amide bonds. The van der Waals surface area contributed by atoms with Crippen molar-refractivity contribution in [1.29, 1.82) is 0 Å². The van der Waals surface area contributed by atoms with Crippen molar-refractivity contribution in [3.05, 3.63) is 0 Å². The molecule has 1 rings (SSSR count). The molecule has 4 heteroatoms. The Bertz CT molecular complexity index is 181. The second-order valence-electron chi connectivity index (χ2n) is 3.64. The van der Waals surface area contributed by atoms with Gasteiger partial charge in [0.15, 0.2) is 0 Å². The molecule has 0 aromatic carbocycles. The molecule has 1 heterocycles. The van der Waals surface area contributed by atoms with E-state index in [1.165, 1.54) is 0 Å². The maximum absolute atomic E-state index is 11.6. The third kappa shape index (κ3) is 3.46. The molecule has 0 aromatic rings. The minimum absolute atomic E-state index is 0.206. The molecule has 1 aliphatic rings. The van der Waals surface area contributed by atoms with E-state index in [1.807, 2.05) is 11.9 Å². The van der Waals surface area contributed by atoms with Gasteiger partial charge in [0.25, 0.3) is 0 Å². The SMILES string of the molecule is CN(C(=O)CCCCl)C1CCOCC1. The quantitative estimate of drug-likeness (QED) is 0.673. The molecule has 1 aliphatic heterocycles. The standard InChI is InChI=1S/C10H18ClNO2/c1-12(10(13)3-2-6-11)9-4-7-14-8-5-9/h9H,2-8H2,1H3. The van der Waals surface area contributed by atoms with E-state index >= 15 is 0 Å². The summed E-state index contributed by atoms with van der Waals surface area (Å²) in [6.07, 6.45) is 3.26. The summed E-state index contributed by atoms with van der Waals surface area (Å²) < 4.78 is 5.25. The van der Waals surface area contributed by atoms with Gasteiger partial charge in [0, 0.05) is 38.6 Å². The van der Waals surface area contributed by atoms with Crippen LogP contribution >= 0.6 is 11.6 Å². The minimum Gasteiger partial charge on any atom is -0.381 e. The van der Waals surface area contributed by atoms with E-state index in [0.717, 1.165) is 32.5 Å². The lowest BCUT2D eigenvalue weighted by Gasteiger charge is -2.31. The number of nitrogens with zero attached hydrogens (tertiary/aromatic N) is 1. The average molecular weight is 220 g/mol. The molecule has 82 valence electrons. The topological polar surface area (TPSA) is 29.5 Å². The second kappa shape index (κ2) is 6.25. The predicted molar refractivity (Wildman–Crippen MR) is 56.6 cm³/mol. The van der Waals surface area contributed by atoms with E-state index in [-0.39, 0.29) is 5.91 Å². The lowest BCUT2D eigenvalue weighted by molar-refractivity contribution is -0.133. The van der Waals surface area contributed by atoms with E-state index in [1.54, 1.807) is 0 Å². The van der Waals surface area contributed by atoms with Crippen molar-refractivity contribution in [3.8, 4) is 0 Å². The first-order chi connectivity index (χ1) is 6.75. The molecule has 0 aliphatic carbocycles. The van der Waals surface area contributed by atoms with Gasteiger partial charge in [-0.1, -0.05) is 0 Å². The lowest BCUT2D eigenvalue weighted by atomic mass is 10.1. The molecule has 0 unspecified atom stereocenters. The Morgan fingerprint density at radius 3 is 2.71 bits per heavy atom. The third-order valence-electron chi connectivity index (χ3n) is 2.66. The van der Waals surface area contributed by atoms with Gasteiger partial charge in [0.1, 0.15) is 0 Å². The summed E-state index contributed by atoms with van der Waals surface area (Å²) in [6.45, 7) is 1.55. The van der Waals surface area contributed by atoms with Crippen LogP contribution in [0.3, 0.4) is 0 Å². The largest absolute Gasteiger partial charge is 0.381 e. The number of rotatable bonds is 4. The molecular weight excluding hydrogens is 202 g/mol. The first-order valence-corrected chi connectivity index (χ1v) is 5.68. The van der Waals surface area contributed by atoms with Crippen molar-refractivity contribution < 1.29 is 9.53 Å². The summed E-state index contributed by atoms with van der Waals surface area (Å²) in [5.41, 5.74) is 0. The number of carbonyl (C=O) groups excluding carboxylic acids is 1. The highest BCUT2D eigenvalue weighted by molar-refractivity contribution is 6.17. The first-order valence-electron chi connectivity index (χ1n) is 5.15. The van der Waals surface area contributed by atoms with Crippen molar-refractivity contribution in [2.45, 2.75) is 31.7 Å². The molecule has 0 bridgehead atoms. The number of hydrogen-bond acceptors (Lipinski definition) is 2. The Hall–Kier alpha value is -0.280. The molecule has 0 atom stereocenters. The zero-order valence-corrected chi connectivity index (χ0v) is 9.42. The number of ether oxygens (including phenoxy) is 1. The first kappa shape index (κ1) is 11.8. The molecule has 1 saturated heterocycles. The minimum atomic E-state index is 0.206. The van der Waals surface area contributed by atoms with Crippen LogP contribution in [0.4, 0.5) is 0 Å². The summed E-state index contributed by atoms with van der Waals surface area (Å²) in [5, 5.41) is 0. The Kier molecular flexibility index (Phi) is 5.26. The van der Waals surface area contributed by atoms with Gasteiger partial charge in [-0.25, -0.2) is 0 Å². The smallest absolute Gasteiger partial charge is 0.222 e. The number of amides is 1. The highest BCUT2D eigenvalue weighted by atomic mass is 35.5. The fraction of sp³-hybridized carbons (Fsp3) is 0.900. The second-order valence-corrected chi connectivity index (χ2v) is 4.02. The number of halogens is 1. The van der Waals surface area contributed by atoms with Crippen molar-refractivity contribution in [2.24, 2.45) is 0 Å². The van der Waals surface area contributed by atoms with Crippen molar-refractivity contribution in [1.82, 2.24) is 4.90 Å². The number of hydrogen-bond donors (Lipinski definition) is 0. The molecular formula is C10H18ClNO2. The van der Waals surface area contributed by atoms with E-state index < -0.39 is 0 Å². The normalized spacial score (nSPS) is 18.1. The molecule has 0 spiro atoms. The van der Waals surface area contributed by atoms with Crippen LogP contribution in [-0.2, 0) is 9.53 Å². The van der Waals surface area contributed by atoms with Crippen LogP contribution in [0.1, 0.15) is 25.7 Å². The average Bonchev–Trinajstić information content (AvgIpc) is 2.26. The van der Waals surface area contributed by atoms with Gasteiger partial charge in [-0.15, -0.1) is 11.6 Å². The lowest BCUT2D eigenvalue weighted by Crippen LogP contribution is -2.40. The van der Waals surface area contributed by atoms with Crippen LogP contribution in [0.15, 0.2) is 0 Å². The molecule has 0 radical (unpaired) electrons. The Morgan fingerprint density at radius 1 is 1.50 bits per heavy atom. The van der Waals surface area contributed by atoms with E-state index in [4.69, 9.17) is 16.3 Å². The van der Waals surface area contributed by atoms with Gasteiger partial charge < -0.3 is 9.64 Å². The molecule has 14 heavy (non-hydrogen) atoms. The van der Waals surface area contributed by atoms with Crippen LogP contribution < -0.4 is 0 Å². The van der Waals surface area contributed by atoms with Gasteiger partial charge in [-0.05, 0) is 19.3 Å². The van der Waals surface area contributed by atoms with Gasteiger partial charge in [0.05, 0.1) is 0 Å². The third-order valence-corrected chi connectivity index (χ3v) is 2.92. The summed E-state index contributed by atoms with van der Waals surface area (Å²) in [5.74, 6) is 0.769. The highest BCUT2D eigenvalue weighted by Crippen LogP contribution is 2.14. The zero-order chi connectivity index (χ0) is 10.4. The Labute approximate surface area is 90.4 Å². The summed E-state index contributed by atoms with van der Waals surface area (Å²) in [6, 6.07) is 0.367. The van der Waals surface area contributed by atoms with E-state index in [0.29, 0.717) is 18.3 Å². The van der Waals surface area contributed by atoms with Crippen LogP contribution in [0.2, 0.25) is 0 Å². The summed E-state index contributed by atoms with van der Waals surface area (Å²) in [7, 11) is 1.88. The summed E-state index contributed by atoms with van der Waals surface area (Å²) >= 11 is 5.55. The maximum atomic E-state index is 11.6. The molecule has 3 nitrogen and oxygen atoms in total. The zero-order valence-electron chi connectivity index (χ0n) is 8.67. The van der Waals surface area contributed by atoms with Gasteiger partial charge in [-0.3, -0.25) is 4.79 Å². The monoisotopic (exact) mass is 219 g/mol. The molecule has 0 N–H and O–H groups in total. The number of carbonyl (C=O) groups is 1. The summed E-state index contributed by atoms with van der Waals surface area (Å²) in [4.78, 5) is 13.5. The fourth-order valence-electron chi connectivity index (χ4n) is 1.67. The highest BCUT2D eigenvalue weighted by Gasteiger charge is 2.21. The van der Waals surface area contributed by atoms with Crippen LogP contribution in [0.25, 0.3) is 0 Å². The Morgan fingerprint density at radius 2 is 2.14 bits per heavy atom. The number of alkyl halides is 1. The van der Waals surface area contributed by atoms with Gasteiger partial charge >= 0.3 is 0 Å². The van der Waals surface area contributed by atoms with Gasteiger partial charge in [0.2, 0.25) is 5.91 Å². The van der Waals surface area contributed by atoms with Crippen molar-refractivity contribution in [3.63, 3.8) is 0 Å². The predicted octanol–water partition coefficient (Wildman–Crippen LogP) is 1.64.